The SMILES string of the molecule is Cc1noc(C)c1CN1CCC(NC(=O)c2ccc(OC(C)C)cc2)CCC1=O. The van der Waals surface area contributed by atoms with Crippen LogP contribution in [0.4, 0.5) is 0 Å². The Balaban J connectivity index is 1.57. The van der Waals surface area contributed by atoms with Crippen molar-refractivity contribution in [2.24, 2.45) is 0 Å². The van der Waals surface area contributed by atoms with Gasteiger partial charge in [-0.3, -0.25) is 9.59 Å². The Morgan fingerprint density at radius 1 is 1.28 bits per heavy atom. The van der Waals surface area contributed by atoms with E-state index in [0.29, 0.717) is 31.5 Å². The van der Waals surface area contributed by atoms with Crippen molar-refractivity contribution in [1.29, 1.82) is 0 Å². The average Bonchev–Trinajstić information content (AvgIpc) is 2.89. The van der Waals surface area contributed by atoms with E-state index in [4.69, 9.17) is 9.26 Å². The molecule has 2 heterocycles. The van der Waals surface area contributed by atoms with Crippen LogP contribution in [0.2, 0.25) is 0 Å². The van der Waals surface area contributed by atoms with Crippen molar-refractivity contribution < 1.29 is 18.8 Å². The summed E-state index contributed by atoms with van der Waals surface area (Å²) in [5.74, 6) is 1.45. The van der Waals surface area contributed by atoms with Gasteiger partial charge in [0.05, 0.1) is 18.3 Å². The van der Waals surface area contributed by atoms with Gasteiger partial charge in [0.15, 0.2) is 0 Å². The molecule has 1 saturated heterocycles. The van der Waals surface area contributed by atoms with Crippen molar-refractivity contribution in [3.63, 3.8) is 0 Å². The molecular weight excluding hydrogens is 370 g/mol. The van der Waals surface area contributed by atoms with E-state index in [1.165, 1.54) is 0 Å². The van der Waals surface area contributed by atoms with E-state index < -0.39 is 0 Å². The number of likely N-dealkylation sites (tertiary alicyclic amines) is 1. The Morgan fingerprint density at radius 3 is 2.62 bits per heavy atom. The molecule has 7 heteroatoms. The first-order valence-electron chi connectivity index (χ1n) is 10.1. The monoisotopic (exact) mass is 399 g/mol. The summed E-state index contributed by atoms with van der Waals surface area (Å²) >= 11 is 0. The molecule has 2 amide bonds. The molecule has 0 aliphatic carbocycles. The predicted molar refractivity (Wildman–Crippen MR) is 109 cm³/mol. The number of carbonyl (C=O) groups is 2. The van der Waals surface area contributed by atoms with Crippen LogP contribution in [0.5, 0.6) is 5.75 Å². The number of benzene rings is 1. The number of aromatic nitrogens is 1. The second-order valence-electron chi connectivity index (χ2n) is 7.81. The highest BCUT2D eigenvalue weighted by molar-refractivity contribution is 5.94. The molecule has 0 bridgehead atoms. The van der Waals surface area contributed by atoms with E-state index in [1.54, 1.807) is 24.3 Å². The Hall–Kier alpha value is -2.83. The minimum atomic E-state index is -0.127. The largest absolute Gasteiger partial charge is 0.491 e. The van der Waals surface area contributed by atoms with E-state index in [1.807, 2.05) is 32.6 Å². The summed E-state index contributed by atoms with van der Waals surface area (Å²) < 4.78 is 10.8. The normalized spacial score (nSPS) is 17.3. The maximum absolute atomic E-state index is 12.6. The van der Waals surface area contributed by atoms with Gasteiger partial charge >= 0.3 is 0 Å². The quantitative estimate of drug-likeness (QED) is 0.805. The summed E-state index contributed by atoms with van der Waals surface area (Å²) in [6.07, 6.45) is 1.86. The molecule has 156 valence electrons. The standard InChI is InChI=1S/C22H29N3O4/c1-14(2)28-19-8-5-17(6-9-19)22(27)23-18-7-10-21(26)25(12-11-18)13-20-15(3)24-29-16(20)4/h5-6,8-9,14,18H,7,10-13H2,1-4H3,(H,23,27). The Morgan fingerprint density at radius 2 is 2.00 bits per heavy atom. The zero-order valence-corrected chi connectivity index (χ0v) is 17.5. The van der Waals surface area contributed by atoms with Gasteiger partial charge in [0.1, 0.15) is 11.5 Å². The third-order valence-electron chi connectivity index (χ3n) is 5.16. The fourth-order valence-electron chi connectivity index (χ4n) is 3.49. The number of nitrogens with one attached hydrogen (secondary N) is 1. The second-order valence-corrected chi connectivity index (χ2v) is 7.81. The summed E-state index contributed by atoms with van der Waals surface area (Å²) in [5.41, 5.74) is 2.36. The van der Waals surface area contributed by atoms with Gasteiger partial charge in [0, 0.05) is 30.1 Å². The molecule has 29 heavy (non-hydrogen) atoms. The van der Waals surface area contributed by atoms with E-state index in [-0.39, 0.29) is 24.0 Å². The zero-order chi connectivity index (χ0) is 21.0. The van der Waals surface area contributed by atoms with Crippen LogP contribution in [0.25, 0.3) is 0 Å². The highest BCUT2D eigenvalue weighted by atomic mass is 16.5. The Kier molecular flexibility index (Phi) is 6.56. The summed E-state index contributed by atoms with van der Waals surface area (Å²) in [5, 5.41) is 7.03. The first-order valence-corrected chi connectivity index (χ1v) is 10.1. The van der Waals surface area contributed by atoms with Gasteiger partial charge in [-0.2, -0.15) is 0 Å². The third kappa shape index (κ3) is 5.37. The molecule has 0 radical (unpaired) electrons. The van der Waals surface area contributed by atoms with E-state index in [0.717, 1.165) is 29.2 Å². The van der Waals surface area contributed by atoms with Crippen molar-refractivity contribution in [1.82, 2.24) is 15.4 Å². The molecule has 1 aromatic carbocycles. The maximum Gasteiger partial charge on any atom is 0.251 e. The first kappa shape index (κ1) is 20.9. The van der Waals surface area contributed by atoms with Crippen LogP contribution in [0.1, 0.15) is 60.5 Å². The van der Waals surface area contributed by atoms with Crippen molar-refractivity contribution in [3.05, 3.63) is 46.8 Å². The summed E-state index contributed by atoms with van der Waals surface area (Å²) in [6.45, 7) is 8.76. The van der Waals surface area contributed by atoms with Crippen molar-refractivity contribution in [2.75, 3.05) is 6.54 Å². The minimum absolute atomic E-state index is 0.0345. The smallest absolute Gasteiger partial charge is 0.251 e. The number of rotatable bonds is 6. The molecular formula is C22H29N3O4. The first-order chi connectivity index (χ1) is 13.8. The van der Waals surface area contributed by atoms with Gasteiger partial charge in [0.25, 0.3) is 5.91 Å². The number of ether oxygens (including phenoxy) is 1. The van der Waals surface area contributed by atoms with E-state index in [2.05, 4.69) is 10.5 Å². The molecule has 1 fully saturated rings. The van der Waals surface area contributed by atoms with Gasteiger partial charge < -0.3 is 19.5 Å². The fraction of sp³-hybridized carbons (Fsp3) is 0.500. The van der Waals surface area contributed by atoms with Crippen molar-refractivity contribution in [3.8, 4) is 5.75 Å². The molecule has 1 aliphatic heterocycles. The molecule has 1 aromatic heterocycles. The lowest BCUT2D eigenvalue weighted by molar-refractivity contribution is -0.131. The Labute approximate surface area is 171 Å². The number of nitrogens with zero attached hydrogens (tertiary/aromatic N) is 2. The lowest BCUT2D eigenvalue weighted by Gasteiger charge is -2.21. The van der Waals surface area contributed by atoms with Crippen LogP contribution in [-0.4, -0.2) is 40.6 Å². The highest BCUT2D eigenvalue weighted by Gasteiger charge is 2.25. The van der Waals surface area contributed by atoms with Crippen molar-refractivity contribution >= 4 is 11.8 Å². The average molecular weight is 399 g/mol. The van der Waals surface area contributed by atoms with Gasteiger partial charge in [-0.15, -0.1) is 0 Å². The number of hydrogen-bond donors (Lipinski definition) is 1. The molecule has 1 atom stereocenters. The molecule has 1 unspecified atom stereocenters. The molecule has 0 saturated carbocycles. The number of aryl methyl sites for hydroxylation is 2. The highest BCUT2D eigenvalue weighted by Crippen LogP contribution is 2.20. The van der Waals surface area contributed by atoms with Crippen LogP contribution < -0.4 is 10.1 Å². The predicted octanol–water partition coefficient (Wildman–Crippen LogP) is 3.39. The third-order valence-corrected chi connectivity index (χ3v) is 5.16. The molecule has 1 N–H and O–H groups in total. The summed E-state index contributed by atoms with van der Waals surface area (Å²) in [6, 6.07) is 7.10. The zero-order valence-electron chi connectivity index (χ0n) is 17.5. The molecule has 0 spiro atoms. The van der Waals surface area contributed by atoms with E-state index >= 15 is 0 Å². The summed E-state index contributed by atoms with van der Waals surface area (Å²) in [4.78, 5) is 27.0. The van der Waals surface area contributed by atoms with Crippen LogP contribution in [0.15, 0.2) is 28.8 Å². The van der Waals surface area contributed by atoms with Crippen LogP contribution >= 0.6 is 0 Å². The second kappa shape index (κ2) is 9.11. The Bertz CT molecular complexity index is 838. The molecule has 1 aliphatic rings. The maximum atomic E-state index is 12.6. The van der Waals surface area contributed by atoms with Gasteiger partial charge in [0.2, 0.25) is 5.91 Å². The number of hydrogen-bond acceptors (Lipinski definition) is 5. The van der Waals surface area contributed by atoms with Crippen molar-refractivity contribution in [2.45, 2.75) is 65.6 Å². The molecule has 2 aromatic rings. The van der Waals surface area contributed by atoms with Crippen LogP contribution in [0, 0.1) is 13.8 Å². The number of carbonyl (C=O) groups excluding carboxylic acids is 2. The number of amides is 2. The van der Waals surface area contributed by atoms with Gasteiger partial charge in [-0.25, -0.2) is 0 Å². The van der Waals surface area contributed by atoms with Gasteiger partial charge in [-0.05, 0) is 64.8 Å². The lowest BCUT2D eigenvalue weighted by Crippen LogP contribution is -2.36. The molecule has 3 rings (SSSR count). The van der Waals surface area contributed by atoms with Crippen LogP contribution in [0.3, 0.4) is 0 Å². The molecule has 7 nitrogen and oxygen atoms in total. The van der Waals surface area contributed by atoms with Crippen LogP contribution in [-0.2, 0) is 11.3 Å². The fourth-order valence-corrected chi connectivity index (χ4v) is 3.49. The lowest BCUT2D eigenvalue weighted by atomic mass is 10.1. The minimum Gasteiger partial charge on any atom is -0.491 e. The summed E-state index contributed by atoms with van der Waals surface area (Å²) in [7, 11) is 0. The topological polar surface area (TPSA) is 84.7 Å². The van der Waals surface area contributed by atoms with Gasteiger partial charge in [-0.1, -0.05) is 5.16 Å². The van der Waals surface area contributed by atoms with E-state index in [9.17, 15) is 9.59 Å².